The van der Waals surface area contributed by atoms with Gasteiger partial charge in [-0.2, -0.15) is 5.10 Å². The molecule has 4 aromatic rings. The summed E-state index contributed by atoms with van der Waals surface area (Å²) in [6.45, 7) is 2.00. The molecule has 0 radical (unpaired) electrons. The molecule has 3 aromatic carbocycles. The highest BCUT2D eigenvalue weighted by molar-refractivity contribution is 8.00. The zero-order valence-corrected chi connectivity index (χ0v) is 18.3. The van der Waals surface area contributed by atoms with Gasteiger partial charge in [-0.15, -0.1) is 11.8 Å². The van der Waals surface area contributed by atoms with Crippen LogP contribution in [0, 0.1) is 6.92 Å². The Bertz CT molecular complexity index is 1200. The van der Waals surface area contributed by atoms with Crippen molar-refractivity contribution in [2.45, 2.75) is 11.8 Å². The van der Waals surface area contributed by atoms with E-state index in [1.165, 1.54) is 11.8 Å². The van der Waals surface area contributed by atoms with Crippen LogP contribution in [-0.2, 0) is 4.79 Å². The average Bonchev–Trinajstić information content (AvgIpc) is 3.35. The molecule has 0 atom stereocenters. The van der Waals surface area contributed by atoms with Crippen molar-refractivity contribution < 1.29 is 9.59 Å². The number of carbonyl (C=O) groups is 2. The van der Waals surface area contributed by atoms with Gasteiger partial charge in [0, 0.05) is 28.7 Å². The monoisotopic (exact) mass is 442 g/mol. The molecule has 0 saturated carbocycles. The first-order valence-electron chi connectivity index (χ1n) is 10.1. The maximum Gasteiger partial charge on any atom is 0.256 e. The molecule has 0 bridgehead atoms. The predicted octanol–water partition coefficient (Wildman–Crippen LogP) is 5.16. The molecular weight excluding hydrogens is 420 g/mol. The molecule has 7 heteroatoms. The standard InChI is InChI=1S/C25H22N4O2S/c1-18-7-9-19(10-8-18)27-24(30)17-32-23-6-3-2-5-22(23)25(31)28-20-11-13-21(14-12-20)29-16-4-15-26-29/h2-16H,17H2,1H3,(H,27,30)(H,28,31). The summed E-state index contributed by atoms with van der Waals surface area (Å²) in [7, 11) is 0. The second-order valence-corrected chi connectivity index (χ2v) is 8.17. The van der Waals surface area contributed by atoms with E-state index in [0.29, 0.717) is 11.3 Å². The fourth-order valence-electron chi connectivity index (χ4n) is 3.07. The number of rotatable bonds is 7. The molecule has 0 spiro atoms. The molecule has 0 saturated heterocycles. The zero-order chi connectivity index (χ0) is 22.3. The molecule has 4 rings (SSSR count). The van der Waals surface area contributed by atoms with Crippen molar-refractivity contribution in [3.63, 3.8) is 0 Å². The zero-order valence-electron chi connectivity index (χ0n) is 17.5. The van der Waals surface area contributed by atoms with Gasteiger partial charge in [0.2, 0.25) is 5.91 Å². The van der Waals surface area contributed by atoms with E-state index in [4.69, 9.17) is 0 Å². The van der Waals surface area contributed by atoms with Crippen molar-refractivity contribution in [1.82, 2.24) is 9.78 Å². The molecule has 1 heterocycles. The fraction of sp³-hybridized carbons (Fsp3) is 0.0800. The van der Waals surface area contributed by atoms with Gasteiger partial charge in [-0.1, -0.05) is 29.8 Å². The van der Waals surface area contributed by atoms with Crippen molar-refractivity contribution in [2.75, 3.05) is 16.4 Å². The molecule has 0 aliphatic carbocycles. The number of anilines is 2. The maximum atomic E-state index is 12.9. The summed E-state index contributed by atoms with van der Waals surface area (Å²) < 4.78 is 1.75. The van der Waals surface area contributed by atoms with Crippen molar-refractivity contribution in [3.05, 3.63) is 102 Å². The number of hydrogen-bond acceptors (Lipinski definition) is 4. The fourth-order valence-corrected chi connectivity index (χ4v) is 3.92. The van der Waals surface area contributed by atoms with Gasteiger partial charge in [0.25, 0.3) is 5.91 Å². The number of nitrogens with one attached hydrogen (secondary N) is 2. The Morgan fingerprint density at radius 3 is 2.28 bits per heavy atom. The van der Waals surface area contributed by atoms with Crippen LogP contribution in [0.2, 0.25) is 0 Å². The van der Waals surface area contributed by atoms with Crippen LogP contribution in [0.25, 0.3) is 5.69 Å². The van der Waals surface area contributed by atoms with E-state index in [9.17, 15) is 9.59 Å². The summed E-state index contributed by atoms with van der Waals surface area (Å²) in [6, 6.07) is 24.2. The average molecular weight is 443 g/mol. The minimum absolute atomic E-state index is 0.122. The van der Waals surface area contributed by atoms with Crippen LogP contribution in [-0.4, -0.2) is 27.3 Å². The van der Waals surface area contributed by atoms with Crippen molar-refractivity contribution in [1.29, 1.82) is 0 Å². The van der Waals surface area contributed by atoms with E-state index in [-0.39, 0.29) is 17.6 Å². The topological polar surface area (TPSA) is 76.0 Å². The van der Waals surface area contributed by atoms with E-state index < -0.39 is 0 Å². The normalized spacial score (nSPS) is 10.5. The molecule has 0 aliphatic heterocycles. The Morgan fingerprint density at radius 1 is 0.875 bits per heavy atom. The van der Waals surface area contributed by atoms with E-state index in [1.807, 2.05) is 85.9 Å². The molecule has 6 nitrogen and oxygen atoms in total. The Morgan fingerprint density at radius 2 is 1.56 bits per heavy atom. The lowest BCUT2D eigenvalue weighted by atomic mass is 10.2. The Kier molecular flexibility index (Phi) is 6.67. The Hall–Kier alpha value is -3.84. The lowest BCUT2D eigenvalue weighted by Crippen LogP contribution is -2.16. The summed E-state index contributed by atoms with van der Waals surface area (Å²) in [5, 5.41) is 9.99. The molecule has 0 unspecified atom stereocenters. The third kappa shape index (κ3) is 5.44. The highest BCUT2D eigenvalue weighted by Crippen LogP contribution is 2.24. The van der Waals surface area contributed by atoms with E-state index in [0.717, 1.165) is 21.8 Å². The van der Waals surface area contributed by atoms with Gasteiger partial charge in [-0.05, 0) is 61.5 Å². The Labute approximate surface area is 190 Å². The number of carbonyl (C=O) groups excluding carboxylic acids is 2. The molecule has 2 amide bonds. The summed E-state index contributed by atoms with van der Waals surface area (Å²) >= 11 is 1.33. The number of benzene rings is 3. The van der Waals surface area contributed by atoms with Crippen LogP contribution in [0.4, 0.5) is 11.4 Å². The number of amides is 2. The number of aryl methyl sites for hydroxylation is 1. The highest BCUT2D eigenvalue weighted by Gasteiger charge is 2.13. The molecule has 0 aliphatic rings. The second kappa shape index (κ2) is 9.98. The van der Waals surface area contributed by atoms with Gasteiger partial charge in [0.15, 0.2) is 0 Å². The van der Waals surface area contributed by atoms with Gasteiger partial charge < -0.3 is 10.6 Å². The van der Waals surface area contributed by atoms with Crippen molar-refractivity contribution in [3.8, 4) is 5.69 Å². The molecule has 32 heavy (non-hydrogen) atoms. The number of aromatic nitrogens is 2. The minimum atomic E-state index is -0.223. The molecule has 160 valence electrons. The van der Waals surface area contributed by atoms with Crippen LogP contribution < -0.4 is 10.6 Å². The predicted molar refractivity (Wildman–Crippen MR) is 128 cm³/mol. The van der Waals surface area contributed by atoms with Crippen LogP contribution in [0.3, 0.4) is 0 Å². The highest BCUT2D eigenvalue weighted by atomic mass is 32.2. The van der Waals surface area contributed by atoms with Gasteiger partial charge in [0.05, 0.1) is 17.0 Å². The maximum absolute atomic E-state index is 12.9. The van der Waals surface area contributed by atoms with E-state index in [1.54, 1.807) is 16.9 Å². The smallest absolute Gasteiger partial charge is 0.256 e. The molecular formula is C25H22N4O2S. The summed E-state index contributed by atoms with van der Waals surface area (Å²) in [4.78, 5) is 26.0. The molecule has 1 aromatic heterocycles. The summed E-state index contributed by atoms with van der Waals surface area (Å²) in [5.41, 5.74) is 4.00. The van der Waals surface area contributed by atoms with Gasteiger partial charge >= 0.3 is 0 Å². The van der Waals surface area contributed by atoms with E-state index >= 15 is 0 Å². The van der Waals surface area contributed by atoms with Crippen molar-refractivity contribution >= 4 is 35.0 Å². The first-order valence-corrected chi connectivity index (χ1v) is 11.1. The number of thioether (sulfide) groups is 1. The third-order valence-electron chi connectivity index (χ3n) is 4.72. The largest absolute Gasteiger partial charge is 0.325 e. The Balaban J connectivity index is 1.38. The lowest BCUT2D eigenvalue weighted by Gasteiger charge is -2.11. The molecule has 2 N–H and O–H groups in total. The van der Waals surface area contributed by atoms with Crippen LogP contribution in [0.15, 0.2) is 96.2 Å². The SMILES string of the molecule is Cc1ccc(NC(=O)CSc2ccccc2C(=O)Nc2ccc(-n3cccn3)cc2)cc1. The van der Waals surface area contributed by atoms with Crippen molar-refractivity contribution in [2.24, 2.45) is 0 Å². The van der Waals surface area contributed by atoms with E-state index in [2.05, 4.69) is 15.7 Å². The third-order valence-corrected chi connectivity index (χ3v) is 5.79. The molecule has 0 fully saturated rings. The first kappa shape index (κ1) is 21.4. The van der Waals surface area contributed by atoms with Gasteiger partial charge in [-0.3, -0.25) is 9.59 Å². The second-order valence-electron chi connectivity index (χ2n) is 7.15. The number of hydrogen-bond donors (Lipinski definition) is 2. The van der Waals surface area contributed by atoms with Gasteiger partial charge in [-0.25, -0.2) is 4.68 Å². The number of nitrogens with zero attached hydrogens (tertiary/aromatic N) is 2. The lowest BCUT2D eigenvalue weighted by molar-refractivity contribution is -0.113. The summed E-state index contributed by atoms with van der Waals surface area (Å²) in [6.07, 6.45) is 3.57. The summed E-state index contributed by atoms with van der Waals surface area (Å²) in [5.74, 6) is -0.140. The van der Waals surface area contributed by atoms with Crippen LogP contribution in [0.1, 0.15) is 15.9 Å². The van der Waals surface area contributed by atoms with Crippen LogP contribution in [0.5, 0.6) is 0 Å². The quantitative estimate of drug-likeness (QED) is 0.388. The first-order chi connectivity index (χ1) is 15.6. The van der Waals surface area contributed by atoms with Crippen LogP contribution >= 0.6 is 11.8 Å². The van der Waals surface area contributed by atoms with Gasteiger partial charge in [0.1, 0.15) is 0 Å². The minimum Gasteiger partial charge on any atom is -0.325 e.